The molecule has 0 aromatic rings. The van der Waals surface area contributed by atoms with Gasteiger partial charge in [-0.15, -0.1) is 0 Å². The number of hydrogen-bond donors (Lipinski definition) is 2. The van der Waals surface area contributed by atoms with Gasteiger partial charge in [0.05, 0.1) is 0 Å². The van der Waals surface area contributed by atoms with Crippen LogP contribution in [0.15, 0.2) is 0 Å². The molecule has 7 nitrogen and oxygen atoms in total. The Bertz CT molecular complexity index is 125. The van der Waals surface area contributed by atoms with E-state index in [1.165, 1.54) is 0 Å². The summed E-state index contributed by atoms with van der Waals surface area (Å²) in [6.07, 6.45) is 0. The SMILES string of the molecule is O=C(COOC(=O)CO)OO. The van der Waals surface area contributed by atoms with E-state index < -0.39 is 25.2 Å². The van der Waals surface area contributed by atoms with Crippen LogP contribution < -0.4 is 0 Å². The summed E-state index contributed by atoms with van der Waals surface area (Å²) in [4.78, 5) is 30.9. The Balaban J connectivity index is 3.27. The van der Waals surface area contributed by atoms with Crippen molar-refractivity contribution in [1.82, 2.24) is 0 Å². The van der Waals surface area contributed by atoms with Gasteiger partial charge in [-0.1, -0.05) is 0 Å². The molecule has 2 N–H and O–H groups in total. The smallest absolute Gasteiger partial charge is 0.371 e. The van der Waals surface area contributed by atoms with Crippen LogP contribution in [0, 0.1) is 0 Å². The van der Waals surface area contributed by atoms with Gasteiger partial charge in [0.1, 0.15) is 6.61 Å². The van der Waals surface area contributed by atoms with Crippen molar-refractivity contribution in [2.24, 2.45) is 0 Å². The van der Waals surface area contributed by atoms with Gasteiger partial charge < -0.3 is 5.11 Å². The molecule has 11 heavy (non-hydrogen) atoms. The number of carbonyl (C=O) groups is 2. The van der Waals surface area contributed by atoms with E-state index in [0.29, 0.717) is 0 Å². The summed E-state index contributed by atoms with van der Waals surface area (Å²) >= 11 is 0. The van der Waals surface area contributed by atoms with Gasteiger partial charge in [0.25, 0.3) is 0 Å². The van der Waals surface area contributed by atoms with Gasteiger partial charge in [0.2, 0.25) is 0 Å². The zero-order chi connectivity index (χ0) is 8.69. The fourth-order valence-electron chi connectivity index (χ4n) is 0.196. The van der Waals surface area contributed by atoms with Gasteiger partial charge in [-0.25, -0.2) is 9.59 Å². The molecule has 0 aliphatic heterocycles. The van der Waals surface area contributed by atoms with Crippen LogP contribution >= 0.6 is 0 Å². The topological polar surface area (TPSA) is 102 Å². The molecule has 0 aliphatic rings. The van der Waals surface area contributed by atoms with E-state index in [9.17, 15) is 9.59 Å². The van der Waals surface area contributed by atoms with E-state index in [0.717, 1.165) is 0 Å². The van der Waals surface area contributed by atoms with Crippen LogP contribution in [-0.4, -0.2) is 35.5 Å². The van der Waals surface area contributed by atoms with E-state index >= 15 is 0 Å². The summed E-state index contributed by atoms with van der Waals surface area (Å²) in [5, 5.41) is 15.7. The summed E-state index contributed by atoms with van der Waals surface area (Å²) in [6, 6.07) is 0. The Kier molecular flexibility index (Phi) is 4.99. The zero-order valence-electron chi connectivity index (χ0n) is 5.35. The molecule has 64 valence electrons. The molecule has 0 saturated carbocycles. The highest BCUT2D eigenvalue weighted by atomic mass is 17.2. The highest BCUT2D eigenvalue weighted by Crippen LogP contribution is 1.81. The molecule has 0 rings (SSSR count). The average Bonchev–Trinajstić information content (AvgIpc) is 2.04. The maximum Gasteiger partial charge on any atom is 0.371 e. The first kappa shape index (κ1) is 9.82. The Morgan fingerprint density at radius 2 is 1.91 bits per heavy atom. The summed E-state index contributed by atoms with van der Waals surface area (Å²) in [5.41, 5.74) is 0. The van der Waals surface area contributed by atoms with E-state index in [2.05, 4.69) is 14.7 Å². The van der Waals surface area contributed by atoms with Crippen LogP contribution in [0.25, 0.3) is 0 Å². The Morgan fingerprint density at radius 1 is 1.27 bits per heavy atom. The molecule has 0 saturated heterocycles. The van der Waals surface area contributed by atoms with Crippen molar-refractivity contribution in [2.45, 2.75) is 0 Å². The Hall–Kier alpha value is -1.18. The van der Waals surface area contributed by atoms with Crippen molar-refractivity contribution >= 4 is 11.9 Å². The van der Waals surface area contributed by atoms with Crippen molar-refractivity contribution in [3.63, 3.8) is 0 Å². The molecule has 0 atom stereocenters. The summed E-state index contributed by atoms with van der Waals surface area (Å²) in [6.45, 7) is -1.59. The first-order valence-electron chi connectivity index (χ1n) is 2.48. The standard InChI is InChI=1S/C4H6O7/c5-1-3(6)11-9-2-4(7)10-8/h5,8H,1-2H2. The van der Waals surface area contributed by atoms with Gasteiger partial charge in [-0.3, -0.25) is 9.78 Å². The minimum atomic E-state index is -1.12. The molecule has 0 unspecified atom stereocenters. The Labute approximate surface area is 60.9 Å². The third-order valence-corrected chi connectivity index (χ3v) is 0.560. The monoisotopic (exact) mass is 166 g/mol. The minimum Gasteiger partial charge on any atom is -0.385 e. The normalized spacial score (nSPS) is 8.91. The molecule has 0 radical (unpaired) electrons. The molecule has 7 heteroatoms. The lowest BCUT2D eigenvalue weighted by Gasteiger charge is -1.98. The minimum absolute atomic E-state index is 0.734. The second kappa shape index (κ2) is 5.59. The third kappa shape index (κ3) is 5.27. The number of carbonyl (C=O) groups excluding carboxylic acids is 2. The van der Waals surface area contributed by atoms with Gasteiger partial charge in [-0.05, 0) is 0 Å². The lowest BCUT2D eigenvalue weighted by Crippen LogP contribution is -2.15. The number of rotatable bonds is 4. The second-order valence-electron chi connectivity index (χ2n) is 1.34. The van der Waals surface area contributed by atoms with Gasteiger partial charge >= 0.3 is 11.9 Å². The summed E-state index contributed by atoms with van der Waals surface area (Å²) < 4.78 is 0. The predicted octanol–water partition coefficient (Wildman–Crippen LogP) is -1.53. The van der Waals surface area contributed by atoms with E-state index in [-0.39, 0.29) is 0 Å². The van der Waals surface area contributed by atoms with E-state index in [1.54, 1.807) is 0 Å². The summed E-state index contributed by atoms with van der Waals surface area (Å²) in [5.74, 6) is -2.16. The number of hydrogen-bond acceptors (Lipinski definition) is 7. The fourth-order valence-corrected chi connectivity index (χ4v) is 0.196. The molecule has 0 amide bonds. The predicted molar refractivity (Wildman–Crippen MR) is 27.9 cm³/mol. The number of aliphatic hydroxyl groups excluding tert-OH is 1. The maximum absolute atomic E-state index is 10.1. The molecule has 0 aromatic carbocycles. The first-order chi connectivity index (χ1) is 5.20. The fraction of sp³-hybridized carbons (Fsp3) is 0.500. The highest BCUT2D eigenvalue weighted by molar-refractivity contribution is 5.71. The molecular formula is C4H6O7. The maximum atomic E-state index is 10.1. The van der Waals surface area contributed by atoms with Gasteiger partial charge in [0, 0.05) is 0 Å². The molecule has 0 aliphatic carbocycles. The van der Waals surface area contributed by atoms with Crippen LogP contribution in [0.1, 0.15) is 0 Å². The molecule has 0 heterocycles. The molecule has 0 spiro atoms. The van der Waals surface area contributed by atoms with Crippen molar-refractivity contribution in [1.29, 1.82) is 0 Å². The molecule has 0 aromatic heterocycles. The first-order valence-corrected chi connectivity index (χ1v) is 2.48. The quantitative estimate of drug-likeness (QED) is 0.385. The van der Waals surface area contributed by atoms with E-state index in [1.807, 2.05) is 0 Å². The van der Waals surface area contributed by atoms with Crippen LogP contribution in [0.4, 0.5) is 0 Å². The molecule has 0 fully saturated rings. The van der Waals surface area contributed by atoms with Crippen LogP contribution in [0.5, 0.6) is 0 Å². The Morgan fingerprint density at radius 3 is 2.36 bits per heavy atom. The molecular weight excluding hydrogens is 160 g/mol. The third-order valence-electron chi connectivity index (χ3n) is 0.560. The second-order valence-corrected chi connectivity index (χ2v) is 1.34. The largest absolute Gasteiger partial charge is 0.385 e. The van der Waals surface area contributed by atoms with E-state index in [4.69, 9.17) is 10.4 Å². The van der Waals surface area contributed by atoms with Crippen LogP contribution in [0.2, 0.25) is 0 Å². The highest BCUT2D eigenvalue weighted by Gasteiger charge is 2.05. The van der Waals surface area contributed by atoms with Crippen molar-refractivity contribution in [3.05, 3.63) is 0 Å². The van der Waals surface area contributed by atoms with Crippen LogP contribution in [0.3, 0.4) is 0 Å². The van der Waals surface area contributed by atoms with Crippen molar-refractivity contribution < 1.29 is 34.6 Å². The summed E-state index contributed by atoms with van der Waals surface area (Å²) in [7, 11) is 0. The lowest BCUT2D eigenvalue weighted by atomic mass is 10.7. The van der Waals surface area contributed by atoms with Crippen molar-refractivity contribution in [3.8, 4) is 0 Å². The number of aliphatic hydroxyl groups is 1. The zero-order valence-corrected chi connectivity index (χ0v) is 5.35. The average molecular weight is 166 g/mol. The lowest BCUT2D eigenvalue weighted by molar-refractivity contribution is -0.288. The van der Waals surface area contributed by atoms with Crippen molar-refractivity contribution in [2.75, 3.05) is 13.2 Å². The molecule has 0 bridgehead atoms. The van der Waals surface area contributed by atoms with Crippen LogP contribution in [-0.2, 0) is 24.3 Å². The van der Waals surface area contributed by atoms with Gasteiger partial charge in [0.15, 0.2) is 6.61 Å². The van der Waals surface area contributed by atoms with Gasteiger partial charge in [-0.2, -0.15) is 10.1 Å².